The summed E-state index contributed by atoms with van der Waals surface area (Å²) in [4.78, 5) is 11.6. The van der Waals surface area contributed by atoms with Crippen molar-refractivity contribution in [3.63, 3.8) is 0 Å². The highest BCUT2D eigenvalue weighted by Crippen LogP contribution is 2.44. The van der Waals surface area contributed by atoms with E-state index in [1.165, 1.54) is 0 Å². The van der Waals surface area contributed by atoms with Crippen molar-refractivity contribution in [1.29, 1.82) is 0 Å². The van der Waals surface area contributed by atoms with E-state index >= 15 is 0 Å². The van der Waals surface area contributed by atoms with Crippen molar-refractivity contribution in [2.75, 3.05) is 13.2 Å². The first-order valence-corrected chi connectivity index (χ1v) is 5.04. The van der Waals surface area contributed by atoms with Gasteiger partial charge in [-0.1, -0.05) is 0 Å². The quantitative estimate of drug-likeness (QED) is 0.729. The second-order valence-corrected chi connectivity index (χ2v) is 4.22. The van der Waals surface area contributed by atoms with Gasteiger partial charge in [-0.3, -0.25) is 9.48 Å². The summed E-state index contributed by atoms with van der Waals surface area (Å²) in [6.07, 6.45) is 3.71. The van der Waals surface area contributed by atoms with Crippen LogP contribution in [0.15, 0.2) is 12.3 Å². The Hall–Kier alpha value is -1.36. The van der Waals surface area contributed by atoms with Gasteiger partial charge in [0.25, 0.3) is 5.91 Å². The molecule has 2 rings (SSSR count). The lowest BCUT2D eigenvalue weighted by Gasteiger charge is -2.11. The van der Waals surface area contributed by atoms with Crippen molar-refractivity contribution < 1.29 is 9.90 Å². The number of carbonyl (C=O) groups is 1. The predicted molar refractivity (Wildman–Crippen MR) is 54.3 cm³/mol. The molecule has 5 nitrogen and oxygen atoms in total. The third kappa shape index (κ3) is 2.18. The van der Waals surface area contributed by atoms with Crippen molar-refractivity contribution in [2.45, 2.75) is 12.8 Å². The minimum absolute atomic E-state index is 0.0512. The topological polar surface area (TPSA) is 67.2 Å². The van der Waals surface area contributed by atoms with Gasteiger partial charge in [-0.05, 0) is 18.9 Å². The van der Waals surface area contributed by atoms with E-state index < -0.39 is 0 Å². The SMILES string of the molecule is Cn1ccc(C(=O)NCC2(CO)CC2)n1. The number of aryl methyl sites for hydroxylation is 1. The van der Waals surface area contributed by atoms with Gasteiger partial charge in [0, 0.05) is 25.2 Å². The summed E-state index contributed by atoms with van der Waals surface area (Å²) in [5.41, 5.74) is 0.371. The number of nitrogens with zero attached hydrogens (tertiary/aromatic N) is 2. The Labute approximate surface area is 88.1 Å². The first-order valence-electron chi connectivity index (χ1n) is 5.04. The molecule has 0 bridgehead atoms. The smallest absolute Gasteiger partial charge is 0.271 e. The van der Waals surface area contributed by atoms with E-state index in [2.05, 4.69) is 10.4 Å². The molecular formula is C10H15N3O2. The lowest BCUT2D eigenvalue weighted by atomic mass is 10.1. The fraction of sp³-hybridized carbons (Fsp3) is 0.600. The number of aromatic nitrogens is 2. The van der Waals surface area contributed by atoms with E-state index in [1.54, 1.807) is 24.0 Å². The molecule has 1 saturated carbocycles. The third-order valence-electron chi connectivity index (χ3n) is 2.86. The van der Waals surface area contributed by atoms with Gasteiger partial charge in [0.2, 0.25) is 0 Å². The van der Waals surface area contributed by atoms with Crippen LogP contribution in [0.2, 0.25) is 0 Å². The van der Waals surface area contributed by atoms with Gasteiger partial charge < -0.3 is 10.4 Å². The number of carbonyl (C=O) groups excluding carboxylic acids is 1. The van der Waals surface area contributed by atoms with Gasteiger partial charge in [0.05, 0.1) is 6.61 Å². The van der Waals surface area contributed by atoms with Crippen LogP contribution in [-0.4, -0.2) is 33.9 Å². The summed E-state index contributed by atoms with van der Waals surface area (Å²) in [6, 6.07) is 1.67. The molecule has 0 saturated heterocycles. The molecule has 2 N–H and O–H groups in total. The van der Waals surface area contributed by atoms with Gasteiger partial charge in [-0.25, -0.2) is 0 Å². The van der Waals surface area contributed by atoms with E-state index in [0.717, 1.165) is 12.8 Å². The Balaban J connectivity index is 1.88. The van der Waals surface area contributed by atoms with E-state index in [0.29, 0.717) is 12.2 Å². The normalized spacial score (nSPS) is 17.5. The molecule has 1 aromatic heterocycles. The maximum absolute atomic E-state index is 11.6. The van der Waals surface area contributed by atoms with E-state index in [1.807, 2.05) is 0 Å². The lowest BCUT2D eigenvalue weighted by molar-refractivity contribution is 0.0929. The molecule has 82 valence electrons. The van der Waals surface area contributed by atoms with Crippen LogP contribution < -0.4 is 5.32 Å². The molecule has 1 heterocycles. The van der Waals surface area contributed by atoms with E-state index in [-0.39, 0.29) is 17.9 Å². The molecule has 1 amide bonds. The monoisotopic (exact) mass is 209 g/mol. The van der Waals surface area contributed by atoms with Gasteiger partial charge in [0.15, 0.2) is 0 Å². The molecule has 0 atom stereocenters. The van der Waals surface area contributed by atoms with Crippen molar-refractivity contribution in [1.82, 2.24) is 15.1 Å². The summed E-state index contributed by atoms with van der Waals surface area (Å²) in [6.45, 7) is 0.689. The van der Waals surface area contributed by atoms with Crippen LogP contribution in [0.25, 0.3) is 0 Å². The zero-order valence-electron chi connectivity index (χ0n) is 8.73. The van der Waals surface area contributed by atoms with E-state index in [9.17, 15) is 4.79 Å². The first-order chi connectivity index (χ1) is 7.15. The van der Waals surface area contributed by atoms with Crippen molar-refractivity contribution in [3.05, 3.63) is 18.0 Å². The Morgan fingerprint density at radius 1 is 1.73 bits per heavy atom. The first kappa shape index (κ1) is 10.2. The molecule has 0 aliphatic heterocycles. The van der Waals surface area contributed by atoms with Crippen LogP contribution in [0.4, 0.5) is 0 Å². The minimum Gasteiger partial charge on any atom is -0.396 e. The maximum Gasteiger partial charge on any atom is 0.271 e. The Bertz CT molecular complexity index is 368. The van der Waals surface area contributed by atoms with Gasteiger partial charge in [-0.15, -0.1) is 0 Å². The average Bonchev–Trinajstić information content (AvgIpc) is 2.90. The highest BCUT2D eigenvalue weighted by Gasteiger charge is 2.42. The lowest BCUT2D eigenvalue weighted by Crippen LogP contribution is -2.32. The molecule has 1 aliphatic carbocycles. The third-order valence-corrected chi connectivity index (χ3v) is 2.86. The second-order valence-electron chi connectivity index (χ2n) is 4.22. The maximum atomic E-state index is 11.6. The number of hydrogen-bond donors (Lipinski definition) is 2. The van der Waals surface area contributed by atoms with Crippen LogP contribution in [0, 0.1) is 5.41 Å². The highest BCUT2D eigenvalue weighted by atomic mass is 16.3. The Morgan fingerprint density at radius 2 is 2.47 bits per heavy atom. The molecule has 1 fully saturated rings. The van der Waals surface area contributed by atoms with Crippen LogP contribution in [0.1, 0.15) is 23.3 Å². The molecule has 1 aliphatic rings. The standard InChI is InChI=1S/C10H15N3O2/c1-13-5-2-8(12-13)9(15)11-6-10(7-14)3-4-10/h2,5,14H,3-4,6-7H2,1H3,(H,11,15). The number of nitrogens with one attached hydrogen (secondary N) is 1. The number of aliphatic hydroxyl groups is 1. The second kappa shape index (κ2) is 3.66. The zero-order chi connectivity index (χ0) is 10.9. The van der Waals surface area contributed by atoms with Gasteiger partial charge >= 0.3 is 0 Å². The average molecular weight is 209 g/mol. The summed E-state index contributed by atoms with van der Waals surface area (Å²) in [7, 11) is 1.77. The molecular weight excluding hydrogens is 194 g/mol. The highest BCUT2D eigenvalue weighted by molar-refractivity contribution is 5.92. The van der Waals surface area contributed by atoms with Crippen molar-refractivity contribution >= 4 is 5.91 Å². The van der Waals surface area contributed by atoms with Crippen LogP contribution in [0.5, 0.6) is 0 Å². The Kier molecular flexibility index (Phi) is 2.48. The number of amides is 1. The van der Waals surface area contributed by atoms with Crippen LogP contribution in [0.3, 0.4) is 0 Å². The zero-order valence-corrected chi connectivity index (χ0v) is 8.73. The summed E-state index contributed by atoms with van der Waals surface area (Å²) in [5, 5.41) is 15.9. The van der Waals surface area contributed by atoms with Gasteiger partial charge in [0.1, 0.15) is 5.69 Å². The largest absolute Gasteiger partial charge is 0.396 e. The molecule has 0 spiro atoms. The molecule has 15 heavy (non-hydrogen) atoms. The van der Waals surface area contributed by atoms with E-state index in [4.69, 9.17) is 5.11 Å². The minimum atomic E-state index is -0.171. The number of hydrogen-bond acceptors (Lipinski definition) is 3. The van der Waals surface area contributed by atoms with Crippen molar-refractivity contribution in [2.24, 2.45) is 12.5 Å². The van der Waals surface area contributed by atoms with Crippen LogP contribution >= 0.6 is 0 Å². The molecule has 0 aromatic carbocycles. The Morgan fingerprint density at radius 3 is 2.93 bits per heavy atom. The summed E-state index contributed by atoms with van der Waals surface area (Å²) >= 11 is 0. The van der Waals surface area contributed by atoms with Crippen molar-refractivity contribution in [3.8, 4) is 0 Å². The molecule has 1 aromatic rings. The molecule has 5 heteroatoms. The number of aliphatic hydroxyl groups excluding tert-OH is 1. The summed E-state index contributed by atoms with van der Waals surface area (Å²) < 4.78 is 1.59. The predicted octanol–water partition coefficient (Wildman–Crippen LogP) is -0.0776. The number of rotatable bonds is 4. The molecule has 0 radical (unpaired) electrons. The van der Waals surface area contributed by atoms with Gasteiger partial charge in [-0.2, -0.15) is 5.10 Å². The summed E-state index contributed by atoms with van der Waals surface area (Å²) in [5.74, 6) is -0.171. The fourth-order valence-corrected chi connectivity index (χ4v) is 1.46. The molecule has 0 unspecified atom stereocenters. The van der Waals surface area contributed by atoms with Crippen LogP contribution in [-0.2, 0) is 7.05 Å². The fourth-order valence-electron chi connectivity index (χ4n) is 1.46.